The van der Waals surface area contributed by atoms with Crippen LogP contribution in [-0.4, -0.2) is 28.4 Å². The zero-order chi connectivity index (χ0) is 12.3. The van der Waals surface area contributed by atoms with Crippen molar-refractivity contribution in [2.75, 3.05) is 12.8 Å². The molecule has 0 unspecified atom stereocenters. The van der Waals surface area contributed by atoms with Crippen molar-refractivity contribution in [3.05, 3.63) is 11.8 Å². The summed E-state index contributed by atoms with van der Waals surface area (Å²) < 4.78 is 5.43. The van der Waals surface area contributed by atoms with Crippen LogP contribution in [0.3, 0.4) is 0 Å². The molecule has 1 aromatic heterocycles. The van der Waals surface area contributed by atoms with Gasteiger partial charge in [0.2, 0.25) is 0 Å². The van der Waals surface area contributed by atoms with Crippen molar-refractivity contribution in [2.24, 2.45) is 0 Å². The highest BCUT2D eigenvalue weighted by molar-refractivity contribution is 7.99. The van der Waals surface area contributed by atoms with E-state index in [0.717, 1.165) is 17.3 Å². The lowest BCUT2D eigenvalue weighted by Gasteiger charge is -2.27. The molecule has 1 aliphatic carbocycles. The van der Waals surface area contributed by atoms with E-state index in [9.17, 15) is 0 Å². The molecule has 0 bridgehead atoms. The molecule has 0 aliphatic heterocycles. The Morgan fingerprint density at radius 1 is 1.41 bits per heavy atom. The number of nitrogens with zero attached hydrogens (tertiary/aromatic N) is 2. The highest BCUT2D eigenvalue weighted by atomic mass is 32.2. The van der Waals surface area contributed by atoms with Gasteiger partial charge in [0, 0.05) is 24.1 Å². The average Bonchev–Trinajstić information content (AvgIpc) is 2.28. The average molecular weight is 253 g/mol. The van der Waals surface area contributed by atoms with Crippen molar-refractivity contribution in [2.45, 2.75) is 49.1 Å². The molecule has 17 heavy (non-hydrogen) atoms. The van der Waals surface area contributed by atoms with Crippen molar-refractivity contribution < 1.29 is 4.74 Å². The van der Waals surface area contributed by atoms with Crippen LogP contribution in [0.5, 0.6) is 0 Å². The molecule has 1 saturated carbocycles. The Labute approximate surface area is 106 Å². The number of thioether (sulfide) groups is 1. The summed E-state index contributed by atoms with van der Waals surface area (Å²) in [7, 11) is 1.79. The number of hydrogen-bond donors (Lipinski definition) is 1. The van der Waals surface area contributed by atoms with E-state index in [1.54, 1.807) is 24.9 Å². The largest absolute Gasteiger partial charge is 0.384 e. The minimum atomic E-state index is 0.392. The zero-order valence-corrected chi connectivity index (χ0v) is 11.2. The van der Waals surface area contributed by atoms with E-state index in [2.05, 4.69) is 9.97 Å². The second kappa shape index (κ2) is 5.69. The summed E-state index contributed by atoms with van der Waals surface area (Å²) in [6, 6.07) is 1.79. The molecule has 5 heteroatoms. The topological polar surface area (TPSA) is 61.0 Å². The molecule has 0 radical (unpaired) electrons. The van der Waals surface area contributed by atoms with Gasteiger partial charge < -0.3 is 10.5 Å². The summed E-state index contributed by atoms with van der Waals surface area (Å²) in [4.78, 5) is 8.68. The Morgan fingerprint density at radius 2 is 2.24 bits per heavy atom. The predicted octanol–water partition coefficient (Wildman–Crippen LogP) is 2.42. The zero-order valence-electron chi connectivity index (χ0n) is 10.3. The number of rotatable bonds is 3. The number of aromatic nitrogens is 2. The fraction of sp³-hybridized carbons (Fsp3) is 0.667. The molecule has 94 valence electrons. The monoisotopic (exact) mass is 253 g/mol. The highest BCUT2D eigenvalue weighted by Crippen LogP contribution is 2.33. The maximum atomic E-state index is 5.73. The minimum absolute atomic E-state index is 0.392. The van der Waals surface area contributed by atoms with Crippen LogP contribution < -0.4 is 5.73 Å². The van der Waals surface area contributed by atoms with Crippen LogP contribution in [-0.2, 0) is 4.74 Å². The van der Waals surface area contributed by atoms with Crippen molar-refractivity contribution >= 4 is 17.6 Å². The lowest BCUT2D eigenvalue weighted by Crippen LogP contribution is -2.23. The van der Waals surface area contributed by atoms with Crippen LogP contribution >= 0.6 is 11.8 Å². The van der Waals surface area contributed by atoms with Gasteiger partial charge in [-0.05, 0) is 32.6 Å². The Kier molecular flexibility index (Phi) is 4.23. The second-order valence-corrected chi connectivity index (χ2v) is 5.75. The van der Waals surface area contributed by atoms with Gasteiger partial charge in [-0.25, -0.2) is 9.97 Å². The number of ether oxygens (including phenoxy) is 1. The van der Waals surface area contributed by atoms with Crippen LogP contribution in [0.25, 0.3) is 0 Å². The Balaban J connectivity index is 2.00. The third-order valence-corrected chi connectivity index (χ3v) is 4.19. The lowest BCUT2D eigenvalue weighted by atomic mass is 9.97. The van der Waals surface area contributed by atoms with E-state index in [0.29, 0.717) is 17.2 Å². The molecule has 1 aromatic rings. The number of anilines is 1. The molecule has 0 spiro atoms. The van der Waals surface area contributed by atoms with Crippen LogP contribution in [0.1, 0.15) is 31.4 Å². The third-order valence-electron chi connectivity index (χ3n) is 3.04. The molecule has 0 saturated heterocycles. The summed E-state index contributed by atoms with van der Waals surface area (Å²) in [5, 5.41) is 1.35. The number of nitrogen functional groups attached to an aromatic ring is 1. The molecule has 0 amide bonds. The first-order valence-corrected chi connectivity index (χ1v) is 6.86. The number of hydrogen-bond acceptors (Lipinski definition) is 5. The normalized spacial score (nSPS) is 24.8. The molecule has 1 fully saturated rings. The lowest BCUT2D eigenvalue weighted by molar-refractivity contribution is 0.0730. The predicted molar refractivity (Wildman–Crippen MR) is 70.1 cm³/mol. The SMILES string of the molecule is CO[C@@H]1CCC[C@H](Sc2nc(C)cc(N)n2)C1. The Morgan fingerprint density at radius 3 is 2.94 bits per heavy atom. The molecular weight excluding hydrogens is 234 g/mol. The fourth-order valence-corrected chi connectivity index (χ4v) is 3.44. The summed E-state index contributed by atoms with van der Waals surface area (Å²) >= 11 is 1.73. The molecule has 2 N–H and O–H groups in total. The molecule has 2 rings (SSSR count). The van der Waals surface area contributed by atoms with Crippen molar-refractivity contribution in [1.29, 1.82) is 0 Å². The van der Waals surface area contributed by atoms with Gasteiger partial charge in [-0.2, -0.15) is 0 Å². The summed E-state index contributed by atoms with van der Waals surface area (Å²) in [6.07, 6.45) is 5.07. The molecule has 2 atom stereocenters. The van der Waals surface area contributed by atoms with Crippen LogP contribution in [0.2, 0.25) is 0 Å². The highest BCUT2D eigenvalue weighted by Gasteiger charge is 2.23. The van der Waals surface area contributed by atoms with Gasteiger partial charge in [-0.15, -0.1) is 0 Å². The first kappa shape index (κ1) is 12.6. The van der Waals surface area contributed by atoms with Crippen molar-refractivity contribution in [3.63, 3.8) is 0 Å². The van der Waals surface area contributed by atoms with E-state index in [4.69, 9.17) is 10.5 Å². The molecule has 0 aromatic carbocycles. The van der Waals surface area contributed by atoms with E-state index in [-0.39, 0.29) is 0 Å². The molecular formula is C12H19N3OS. The van der Waals surface area contributed by atoms with Gasteiger partial charge in [0.05, 0.1) is 6.10 Å². The van der Waals surface area contributed by atoms with Crippen LogP contribution in [0.15, 0.2) is 11.2 Å². The van der Waals surface area contributed by atoms with Gasteiger partial charge in [0.15, 0.2) is 5.16 Å². The number of methoxy groups -OCH3 is 1. The molecule has 1 aliphatic rings. The molecule has 1 heterocycles. The maximum absolute atomic E-state index is 5.73. The van der Waals surface area contributed by atoms with Crippen molar-refractivity contribution in [3.8, 4) is 0 Å². The Hall–Kier alpha value is -0.810. The first-order valence-electron chi connectivity index (χ1n) is 5.98. The standard InChI is InChI=1S/C12H19N3OS/c1-8-6-11(13)15-12(14-8)17-10-5-3-4-9(7-10)16-2/h6,9-10H,3-5,7H2,1-2H3,(H2,13,14,15)/t9-,10+/m1/s1. The van der Waals surface area contributed by atoms with Gasteiger partial charge in [0.1, 0.15) is 5.82 Å². The second-order valence-electron chi connectivity index (χ2n) is 4.48. The van der Waals surface area contributed by atoms with Gasteiger partial charge in [-0.3, -0.25) is 0 Å². The van der Waals surface area contributed by atoms with E-state index < -0.39 is 0 Å². The minimum Gasteiger partial charge on any atom is -0.384 e. The summed E-state index contributed by atoms with van der Waals surface area (Å²) in [5.74, 6) is 0.555. The third kappa shape index (κ3) is 3.57. The summed E-state index contributed by atoms with van der Waals surface area (Å²) in [5.41, 5.74) is 6.66. The maximum Gasteiger partial charge on any atom is 0.189 e. The smallest absolute Gasteiger partial charge is 0.189 e. The quantitative estimate of drug-likeness (QED) is 0.838. The number of nitrogens with two attached hydrogens (primary N) is 1. The fourth-order valence-electron chi connectivity index (χ4n) is 2.19. The van der Waals surface area contributed by atoms with E-state index >= 15 is 0 Å². The Bertz CT molecular complexity index is 366. The van der Waals surface area contributed by atoms with Crippen LogP contribution in [0.4, 0.5) is 5.82 Å². The number of aryl methyl sites for hydroxylation is 1. The first-order chi connectivity index (χ1) is 8.17. The van der Waals surface area contributed by atoms with Crippen molar-refractivity contribution in [1.82, 2.24) is 9.97 Å². The molecule has 4 nitrogen and oxygen atoms in total. The van der Waals surface area contributed by atoms with E-state index in [1.807, 2.05) is 6.92 Å². The summed E-state index contributed by atoms with van der Waals surface area (Å²) in [6.45, 7) is 1.95. The van der Waals surface area contributed by atoms with Gasteiger partial charge in [0.25, 0.3) is 0 Å². The van der Waals surface area contributed by atoms with Gasteiger partial charge >= 0.3 is 0 Å². The van der Waals surface area contributed by atoms with Gasteiger partial charge in [-0.1, -0.05) is 11.8 Å². The van der Waals surface area contributed by atoms with Crippen LogP contribution in [0, 0.1) is 6.92 Å². The van der Waals surface area contributed by atoms with E-state index in [1.165, 1.54) is 19.3 Å².